The van der Waals surface area contributed by atoms with Crippen LogP contribution in [-0.2, 0) is 11.2 Å². The lowest BCUT2D eigenvalue weighted by atomic mass is 9.86. The van der Waals surface area contributed by atoms with Gasteiger partial charge in [0.25, 0.3) is 5.91 Å². The summed E-state index contributed by atoms with van der Waals surface area (Å²) in [6.07, 6.45) is 1.76. The van der Waals surface area contributed by atoms with Crippen LogP contribution in [-0.4, -0.2) is 34.5 Å². The monoisotopic (exact) mass is 475 g/mol. The second-order valence-corrected chi connectivity index (χ2v) is 8.61. The first-order chi connectivity index (χ1) is 16.7. The van der Waals surface area contributed by atoms with E-state index in [1.54, 1.807) is 44.2 Å². The van der Waals surface area contributed by atoms with Crippen LogP contribution in [0.15, 0.2) is 66.9 Å². The predicted molar refractivity (Wildman–Crippen MR) is 136 cm³/mol. The molecule has 0 atom stereocenters. The second-order valence-electron chi connectivity index (χ2n) is 8.61. The molecule has 3 aromatic rings. The van der Waals surface area contributed by atoms with Crippen molar-refractivity contribution >= 4 is 40.8 Å². The Morgan fingerprint density at radius 1 is 0.943 bits per heavy atom. The molecule has 0 unspecified atom stereocenters. The Balaban J connectivity index is 1.80. The lowest BCUT2D eigenvalue weighted by Crippen LogP contribution is -2.28. The van der Waals surface area contributed by atoms with Crippen LogP contribution in [0, 0.1) is 5.41 Å². The molecule has 9 heteroatoms. The number of rotatable bonds is 9. The third-order valence-corrected chi connectivity index (χ3v) is 5.22. The van der Waals surface area contributed by atoms with Gasteiger partial charge in [-0.2, -0.15) is 0 Å². The molecule has 0 aliphatic heterocycles. The first kappa shape index (κ1) is 25.2. The molecule has 9 nitrogen and oxygen atoms in total. The molecule has 1 aromatic heterocycles. The minimum absolute atomic E-state index is 0.284. The van der Waals surface area contributed by atoms with E-state index in [1.165, 1.54) is 6.20 Å². The summed E-state index contributed by atoms with van der Waals surface area (Å²) in [4.78, 5) is 40.6. The maximum Gasteiger partial charge on any atom is 0.320 e. The van der Waals surface area contributed by atoms with Crippen LogP contribution < -0.4 is 21.3 Å². The van der Waals surface area contributed by atoms with Crippen LogP contribution >= 0.6 is 0 Å². The summed E-state index contributed by atoms with van der Waals surface area (Å²) in [7, 11) is 0. The molecule has 2 aromatic carbocycles. The van der Waals surface area contributed by atoms with Crippen molar-refractivity contribution in [2.24, 2.45) is 5.41 Å². The van der Waals surface area contributed by atoms with Crippen molar-refractivity contribution in [2.45, 2.75) is 27.2 Å². The summed E-state index contributed by atoms with van der Waals surface area (Å²) < 4.78 is 0. The number of aliphatic carboxylic acids is 1. The van der Waals surface area contributed by atoms with E-state index in [2.05, 4.69) is 26.3 Å². The number of nitrogens with one attached hydrogen (secondary N) is 4. The number of nitrogens with zero attached hydrogens (tertiary/aromatic N) is 1. The van der Waals surface area contributed by atoms with Gasteiger partial charge < -0.3 is 21.1 Å². The largest absolute Gasteiger partial charge is 0.481 e. The van der Waals surface area contributed by atoms with E-state index in [9.17, 15) is 19.5 Å². The van der Waals surface area contributed by atoms with Gasteiger partial charge in [0.15, 0.2) is 0 Å². The number of benzene rings is 2. The van der Waals surface area contributed by atoms with Gasteiger partial charge in [-0.1, -0.05) is 30.3 Å². The zero-order valence-electron chi connectivity index (χ0n) is 19.9. The normalized spacial score (nSPS) is 10.8. The highest BCUT2D eigenvalue weighted by molar-refractivity contribution is 6.08. The molecule has 3 rings (SSSR count). The topological polar surface area (TPSA) is 132 Å². The van der Waals surface area contributed by atoms with Gasteiger partial charge in [-0.05, 0) is 57.0 Å². The number of carbonyl (C=O) groups excluding carboxylic acids is 2. The van der Waals surface area contributed by atoms with Crippen molar-refractivity contribution < 1.29 is 19.5 Å². The number of pyridine rings is 1. The molecule has 0 radical (unpaired) electrons. The average molecular weight is 476 g/mol. The van der Waals surface area contributed by atoms with Gasteiger partial charge in [0, 0.05) is 30.2 Å². The lowest BCUT2D eigenvalue weighted by molar-refractivity contribution is -0.146. The number of urea groups is 1. The van der Waals surface area contributed by atoms with Gasteiger partial charge in [0.2, 0.25) is 0 Å². The highest BCUT2D eigenvalue weighted by atomic mass is 16.4. The Kier molecular flexibility index (Phi) is 8.04. The first-order valence-electron chi connectivity index (χ1n) is 11.2. The summed E-state index contributed by atoms with van der Waals surface area (Å²) in [5, 5.41) is 20.7. The van der Waals surface area contributed by atoms with E-state index in [0.717, 1.165) is 11.3 Å². The number of anilines is 4. The molecule has 3 amide bonds. The number of carboxylic acid groups (broad SMARTS) is 1. The summed E-state index contributed by atoms with van der Waals surface area (Å²) in [6, 6.07) is 17.6. The van der Waals surface area contributed by atoms with E-state index in [1.807, 2.05) is 37.3 Å². The summed E-state index contributed by atoms with van der Waals surface area (Å²) >= 11 is 0. The number of aromatic nitrogens is 1. The fourth-order valence-electron chi connectivity index (χ4n) is 3.30. The Bertz CT molecular complexity index is 1190. The maximum atomic E-state index is 13.1. The summed E-state index contributed by atoms with van der Waals surface area (Å²) in [6.45, 7) is 5.61. The molecule has 1 heterocycles. The lowest BCUT2D eigenvalue weighted by Gasteiger charge is -2.19. The van der Waals surface area contributed by atoms with E-state index < -0.39 is 17.4 Å². The van der Waals surface area contributed by atoms with Crippen molar-refractivity contribution in [1.82, 2.24) is 10.3 Å². The van der Waals surface area contributed by atoms with Gasteiger partial charge in [0.1, 0.15) is 5.82 Å². The Hall–Kier alpha value is -4.40. The first-order valence-corrected chi connectivity index (χ1v) is 11.2. The predicted octanol–water partition coefficient (Wildman–Crippen LogP) is 4.87. The molecule has 0 aliphatic carbocycles. The molecule has 182 valence electrons. The third kappa shape index (κ3) is 7.04. The number of carboxylic acids is 1. The molecule has 0 spiro atoms. The third-order valence-electron chi connectivity index (χ3n) is 5.22. The fraction of sp³-hybridized carbons (Fsp3) is 0.231. The molecule has 0 bridgehead atoms. The molecule has 0 aliphatic rings. The van der Waals surface area contributed by atoms with Gasteiger partial charge in [-0.3, -0.25) is 14.9 Å². The van der Waals surface area contributed by atoms with E-state index in [0.29, 0.717) is 24.3 Å². The highest BCUT2D eigenvalue weighted by Gasteiger charge is 2.27. The van der Waals surface area contributed by atoms with Crippen molar-refractivity contribution in [1.29, 1.82) is 0 Å². The minimum atomic E-state index is -0.891. The number of hydrogen-bond acceptors (Lipinski definition) is 5. The molecule has 0 saturated carbocycles. The molecule has 5 N–H and O–H groups in total. The zero-order valence-corrected chi connectivity index (χ0v) is 19.9. The Morgan fingerprint density at radius 2 is 1.63 bits per heavy atom. The van der Waals surface area contributed by atoms with E-state index in [4.69, 9.17) is 0 Å². The smallest absolute Gasteiger partial charge is 0.320 e. The average Bonchev–Trinajstić information content (AvgIpc) is 2.81. The molecule has 35 heavy (non-hydrogen) atoms. The van der Waals surface area contributed by atoms with Crippen molar-refractivity contribution in [2.75, 3.05) is 22.5 Å². The van der Waals surface area contributed by atoms with Gasteiger partial charge in [-0.15, -0.1) is 0 Å². The Labute approximate surface area is 204 Å². The van der Waals surface area contributed by atoms with Gasteiger partial charge in [-0.25, -0.2) is 9.78 Å². The molecular weight excluding hydrogens is 446 g/mol. The summed E-state index contributed by atoms with van der Waals surface area (Å²) in [5.41, 5.74) is 2.04. The van der Waals surface area contributed by atoms with Crippen molar-refractivity contribution in [3.8, 4) is 0 Å². The number of para-hydroxylation sites is 1. The number of hydrogen-bond donors (Lipinski definition) is 5. The van der Waals surface area contributed by atoms with Crippen LogP contribution in [0.3, 0.4) is 0 Å². The van der Waals surface area contributed by atoms with Gasteiger partial charge in [0.05, 0.1) is 16.7 Å². The summed E-state index contributed by atoms with van der Waals surface area (Å²) in [5.74, 6) is -0.971. The van der Waals surface area contributed by atoms with E-state index >= 15 is 0 Å². The van der Waals surface area contributed by atoms with Crippen LogP contribution in [0.1, 0.15) is 36.7 Å². The quantitative estimate of drug-likeness (QED) is 0.300. The van der Waals surface area contributed by atoms with Crippen LogP contribution in [0.2, 0.25) is 0 Å². The van der Waals surface area contributed by atoms with Crippen molar-refractivity contribution in [3.63, 3.8) is 0 Å². The van der Waals surface area contributed by atoms with Crippen LogP contribution in [0.25, 0.3) is 0 Å². The van der Waals surface area contributed by atoms with Crippen LogP contribution in [0.4, 0.5) is 27.7 Å². The minimum Gasteiger partial charge on any atom is -0.481 e. The molecular formula is C26H29N5O4. The molecule has 0 fully saturated rings. The van der Waals surface area contributed by atoms with Crippen molar-refractivity contribution in [3.05, 3.63) is 78.0 Å². The maximum absolute atomic E-state index is 13.1. The number of carbonyl (C=O) groups is 3. The standard InChI is InChI=1S/C26H29N5O4/c1-4-27-25(35)31-22-14-21(29-18-8-6-5-7-9-18)20(16-28-22)23(32)30-19-12-10-17(11-13-19)15-26(2,3)24(33)34/h5-14,16H,4,15H2,1-3H3,(H,30,32)(H,33,34)(H3,27,28,29,31,35). The SMILES string of the molecule is CCNC(=O)Nc1cc(Nc2ccccc2)c(C(=O)Nc2ccc(CC(C)(C)C(=O)O)cc2)cn1. The van der Waals surface area contributed by atoms with Crippen LogP contribution in [0.5, 0.6) is 0 Å². The Morgan fingerprint density at radius 3 is 2.26 bits per heavy atom. The van der Waals surface area contributed by atoms with E-state index in [-0.39, 0.29) is 17.3 Å². The number of amides is 3. The fourth-order valence-corrected chi connectivity index (χ4v) is 3.30. The zero-order chi connectivity index (χ0) is 25.4. The molecule has 0 saturated heterocycles. The second kappa shape index (κ2) is 11.1. The highest BCUT2D eigenvalue weighted by Crippen LogP contribution is 2.26. The van der Waals surface area contributed by atoms with Gasteiger partial charge >= 0.3 is 12.0 Å².